The summed E-state index contributed by atoms with van der Waals surface area (Å²) < 4.78 is 29.7. The lowest BCUT2D eigenvalue weighted by atomic mass is 10.1. The van der Waals surface area contributed by atoms with E-state index in [1.165, 1.54) is 30.5 Å². The van der Waals surface area contributed by atoms with Gasteiger partial charge in [-0.3, -0.25) is 9.89 Å². The van der Waals surface area contributed by atoms with Crippen LogP contribution in [-0.4, -0.2) is 51.0 Å². The number of carbonyl (C=O) groups excluding carboxylic acids is 1. The maximum absolute atomic E-state index is 12.7. The fourth-order valence-corrected chi connectivity index (χ4v) is 3.40. The Bertz CT molecular complexity index is 1060. The van der Waals surface area contributed by atoms with Crippen molar-refractivity contribution in [1.82, 2.24) is 15.2 Å². The molecule has 0 spiro atoms. The van der Waals surface area contributed by atoms with Crippen LogP contribution >= 0.6 is 24.0 Å². The number of ether oxygens (including phenoxy) is 1. The molecule has 3 aromatic rings. The number of benzene rings is 1. The lowest BCUT2D eigenvalue weighted by Gasteiger charge is -2.20. The molecule has 3 N–H and O–H groups in total. The molecule has 3 heterocycles. The zero-order valence-corrected chi connectivity index (χ0v) is 18.0. The van der Waals surface area contributed by atoms with Crippen LogP contribution in [0.3, 0.4) is 0 Å². The van der Waals surface area contributed by atoms with E-state index in [0.29, 0.717) is 47.8 Å². The third kappa shape index (κ3) is 5.64. The number of halogens is 4. The van der Waals surface area contributed by atoms with Gasteiger partial charge in [-0.15, -0.1) is 21.2 Å². The van der Waals surface area contributed by atoms with Crippen molar-refractivity contribution in [2.24, 2.45) is 0 Å². The summed E-state index contributed by atoms with van der Waals surface area (Å²) >= 11 is 4.74. The zero-order valence-electron chi connectivity index (χ0n) is 16.5. The van der Waals surface area contributed by atoms with Crippen LogP contribution in [0.15, 0.2) is 48.8 Å². The van der Waals surface area contributed by atoms with Gasteiger partial charge in [-0.05, 0) is 42.8 Å². The Morgan fingerprint density at radius 1 is 1.31 bits per heavy atom. The number of amides is 1. The number of nitrogens with one attached hydrogen (secondary N) is 2. The number of hydrogen-bond donors (Lipinski definition) is 3. The van der Waals surface area contributed by atoms with E-state index >= 15 is 0 Å². The van der Waals surface area contributed by atoms with Gasteiger partial charge in [0.1, 0.15) is 11.6 Å². The maximum Gasteiger partial charge on any atom is 0.487 e. The molecule has 8 nitrogen and oxygen atoms in total. The standard InChI is InChI=1S/C20H18ClF2N5O3.ClH/c21-20(22,23)31-15-3-1-13(2-4-15)26-19(30)12-9-16(17-5-7-25-27-17)18(24-10-12)28-8-6-14(29)11-28;/h1-5,7,9-10,14,29H,6,8,11H2,(H,25,27)(H,26,30);1H. The molecule has 32 heavy (non-hydrogen) atoms. The second kappa shape index (κ2) is 9.68. The van der Waals surface area contributed by atoms with E-state index < -0.39 is 17.6 Å². The Morgan fingerprint density at radius 2 is 2.06 bits per heavy atom. The fourth-order valence-electron chi connectivity index (χ4n) is 3.32. The van der Waals surface area contributed by atoms with Crippen LogP contribution in [0.1, 0.15) is 16.8 Å². The third-order valence-electron chi connectivity index (χ3n) is 4.73. The van der Waals surface area contributed by atoms with Crippen LogP contribution < -0.4 is 15.0 Å². The molecule has 1 aromatic carbocycles. The summed E-state index contributed by atoms with van der Waals surface area (Å²) in [5, 5.41) is 19.4. The number of aromatic nitrogens is 3. The van der Waals surface area contributed by atoms with Gasteiger partial charge < -0.3 is 20.1 Å². The van der Waals surface area contributed by atoms with E-state index in [-0.39, 0.29) is 18.2 Å². The monoisotopic (exact) mass is 485 g/mol. The Morgan fingerprint density at radius 3 is 2.66 bits per heavy atom. The molecule has 1 aliphatic heterocycles. The number of carbonyl (C=O) groups is 1. The number of aliphatic hydroxyl groups is 1. The van der Waals surface area contributed by atoms with Gasteiger partial charge in [0.2, 0.25) is 0 Å². The SMILES string of the molecule is Cl.O=C(Nc1ccc(OC(F)(F)Cl)cc1)c1cnc(N2CCC(O)C2)c(-c2ccn[nH]2)c1. The Hall–Kier alpha value is -2.95. The molecule has 12 heteroatoms. The number of hydrogen-bond acceptors (Lipinski definition) is 6. The third-order valence-corrected chi connectivity index (χ3v) is 4.81. The highest BCUT2D eigenvalue weighted by molar-refractivity contribution is 6.20. The summed E-state index contributed by atoms with van der Waals surface area (Å²) in [6.07, 6.45) is 3.26. The Balaban J connectivity index is 0.00000289. The minimum atomic E-state index is -3.81. The summed E-state index contributed by atoms with van der Waals surface area (Å²) in [6, 6.07) is 8.81. The van der Waals surface area contributed by atoms with Crippen molar-refractivity contribution in [3.63, 3.8) is 0 Å². The molecule has 1 saturated heterocycles. The molecule has 1 atom stereocenters. The van der Waals surface area contributed by atoms with Crippen molar-refractivity contribution < 1.29 is 23.4 Å². The van der Waals surface area contributed by atoms with Gasteiger partial charge in [-0.25, -0.2) is 4.98 Å². The van der Waals surface area contributed by atoms with E-state index in [0.717, 1.165) is 0 Å². The number of aliphatic hydroxyl groups excluding tert-OH is 1. The number of β-amino-alcohol motifs (C(OH)–C–C–N with tert-alkyl or cyclic N) is 1. The van der Waals surface area contributed by atoms with Gasteiger partial charge in [0.15, 0.2) is 0 Å². The van der Waals surface area contributed by atoms with Crippen LogP contribution in [0.5, 0.6) is 5.75 Å². The molecule has 1 unspecified atom stereocenters. The van der Waals surface area contributed by atoms with Gasteiger partial charge in [-0.2, -0.15) is 5.10 Å². The molecule has 0 radical (unpaired) electrons. The van der Waals surface area contributed by atoms with Crippen molar-refractivity contribution in [1.29, 1.82) is 0 Å². The molecular weight excluding hydrogens is 467 g/mol. The summed E-state index contributed by atoms with van der Waals surface area (Å²) in [5.74, 6) is 0.0665. The molecule has 1 aliphatic rings. The lowest BCUT2D eigenvalue weighted by Crippen LogP contribution is -2.23. The Labute approximate surface area is 193 Å². The van der Waals surface area contributed by atoms with Crippen LogP contribution in [0.4, 0.5) is 20.3 Å². The second-order valence-electron chi connectivity index (χ2n) is 6.98. The first kappa shape index (κ1) is 23.7. The zero-order chi connectivity index (χ0) is 22.0. The number of anilines is 2. The summed E-state index contributed by atoms with van der Waals surface area (Å²) in [5.41, 5.74) is -1.78. The van der Waals surface area contributed by atoms with Crippen LogP contribution in [0, 0.1) is 0 Å². The minimum absolute atomic E-state index is 0. The number of H-pyrrole nitrogens is 1. The normalized spacial score (nSPS) is 15.9. The van der Waals surface area contributed by atoms with Gasteiger partial charge in [0.05, 0.1) is 17.4 Å². The van der Waals surface area contributed by atoms with Crippen molar-refractivity contribution in [3.8, 4) is 17.0 Å². The molecule has 1 fully saturated rings. The van der Waals surface area contributed by atoms with Gasteiger partial charge >= 0.3 is 5.57 Å². The first-order valence-corrected chi connectivity index (χ1v) is 9.76. The summed E-state index contributed by atoms with van der Waals surface area (Å²) in [7, 11) is 0. The number of aromatic amines is 1. The number of nitrogens with zero attached hydrogens (tertiary/aromatic N) is 3. The molecule has 0 saturated carbocycles. The van der Waals surface area contributed by atoms with Crippen molar-refractivity contribution in [3.05, 3.63) is 54.4 Å². The van der Waals surface area contributed by atoms with E-state index in [4.69, 9.17) is 11.6 Å². The number of rotatable bonds is 6. The predicted octanol–water partition coefficient (Wildman–Crippen LogP) is 3.88. The topological polar surface area (TPSA) is 103 Å². The molecule has 1 amide bonds. The average molecular weight is 486 g/mol. The molecular formula is C20H19Cl2F2N5O3. The first-order valence-electron chi connectivity index (χ1n) is 9.38. The first-order chi connectivity index (χ1) is 14.8. The van der Waals surface area contributed by atoms with E-state index in [2.05, 4.69) is 25.2 Å². The molecule has 0 bridgehead atoms. The van der Waals surface area contributed by atoms with Crippen LogP contribution in [-0.2, 0) is 0 Å². The largest absolute Gasteiger partial charge is 0.487 e. The highest BCUT2D eigenvalue weighted by atomic mass is 35.5. The van der Waals surface area contributed by atoms with E-state index in [9.17, 15) is 18.7 Å². The van der Waals surface area contributed by atoms with Gasteiger partial charge in [0.25, 0.3) is 5.91 Å². The average Bonchev–Trinajstić information content (AvgIpc) is 3.40. The second-order valence-corrected chi connectivity index (χ2v) is 7.42. The fraction of sp³-hybridized carbons (Fsp3) is 0.250. The van der Waals surface area contributed by atoms with Crippen LogP contribution in [0.25, 0.3) is 11.3 Å². The number of pyridine rings is 1. The lowest BCUT2D eigenvalue weighted by molar-refractivity contribution is -0.0964. The predicted molar refractivity (Wildman–Crippen MR) is 118 cm³/mol. The number of alkyl halides is 3. The van der Waals surface area contributed by atoms with Crippen molar-refractivity contribution in [2.45, 2.75) is 18.1 Å². The smallest absolute Gasteiger partial charge is 0.420 e. The highest BCUT2D eigenvalue weighted by Gasteiger charge is 2.27. The quantitative estimate of drug-likeness (QED) is 0.457. The Kier molecular flexibility index (Phi) is 7.17. The van der Waals surface area contributed by atoms with E-state index in [1.807, 2.05) is 4.90 Å². The van der Waals surface area contributed by atoms with Crippen molar-refractivity contribution in [2.75, 3.05) is 23.3 Å². The van der Waals surface area contributed by atoms with Gasteiger partial charge in [-0.1, -0.05) is 0 Å². The molecule has 2 aromatic heterocycles. The van der Waals surface area contributed by atoms with Gasteiger partial charge in [0, 0.05) is 48.3 Å². The van der Waals surface area contributed by atoms with Crippen LogP contribution in [0.2, 0.25) is 0 Å². The molecule has 4 rings (SSSR count). The molecule has 0 aliphatic carbocycles. The minimum Gasteiger partial charge on any atom is -0.420 e. The van der Waals surface area contributed by atoms with Crippen molar-refractivity contribution >= 4 is 41.4 Å². The molecule has 170 valence electrons. The summed E-state index contributed by atoms with van der Waals surface area (Å²) in [6.45, 7) is 1.10. The summed E-state index contributed by atoms with van der Waals surface area (Å²) in [4.78, 5) is 19.1. The van der Waals surface area contributed by atoms with E-state index in [1.54, 1.807) is 18.3 Å². The maximum atomic E-state index is 12.7. The highest BCUT2D eigenvalue weighted by Crippen LogP contribution is 2.31.